The van der Waals surface area contributed by atoms with Gasteiger partial charge in [-0.1, -0.05) is 0 Å². The van der Waals surface area contributed by atoms with E-state index in [0.29, 0.717) is 11.7 Å². The summed E-state index contributed by atoms with van der Waals surface area (Å²) in [6.45, 7) is 2.99. The molecular weight excluding hydrogens is 290 g/mol. The number of rotatable bonds is 3. The van der Waals surface area contributed by atoms with Gasteiger partial charge in [0.2, 0.25) is 0 Å². The Labute approximate surface area is 135 Å². The highest BCUT2D eigenvalue weighted by Gasteiger charge is 2.19. The molecule has 23 heavy (non-hydrogen) atoms. The summed E-state index contributed by atoms with van der Waals surface area (Å²) in [6.07, 6.45) is 7.34. The molecule has 7 nitrogen and oxygen atoms in total. The molecule has 2 aliphatic heterocycles. The van der Waals surface area contributed by atoms with E-state index in [9.17, 15) is 0 Å². The first-order valence-electron chi connectivity index (χ1n) is 8.22. The summed E-state index contributed by atoms with van der Waals surface area (Å²) < 4.78 is 1.74. The molecule has 0 aliphatic carbocycles. The largest absolute Gasteiger partial charge is 0.384 e. The number of hydrogen-bond donors (Lipinski definition) is 3. The first-order chi connectivity index (χ1) is 11.2. The molecule has 0 bridgehead atoms. The summed E-state index contributed by atoms with van der Waals surface area (Å²) in [5.41, 5.74) is 13.6. The van der Waals surface area contributed by atoms with E-state index in [1.54, 1.807) is 4.52 Å². The van der Waals surface area contributed by atoms with Crippen LogP contribution in [0.25, 0.3) is 11.2 Å². The number of nitrogens with two attached hydrogens (primary N) is 1. The number of nitrogens with one attached hydrogen (secondary N) is 2. The average Bonchev–Trinajstić information content (AvgIpc) is 3.14. The SMILES string of the molecule is CN1C=C(c2cnn3c(N)cc(CC4CCNCC4)nc23)CN1. The highest BCUT2D eigenvalue weighted by Crippen LogP contribution is 2.25. The molecule has 0 radical (unpaired) electrons. The van der Waals surface area contributed by atoms with E-state index in [1.165, 1.54) is 18.4 Å². The van der Waals surface area contributed by atoms with Crippen LogP contribution in [0.5, 0.6) is 0 Å². The first-order valence-corrected chi connectivity index (χ1v) is 8.22. The minimum atomic E-state index is 0.657. The van der Waals surface area contributed by atoms with Gasteiger partial charge in [-0.15, -0.1) is 0 Å². The van der Waals surface area contributed by atoms with Crippen molar-refractivity contribution in [3.05, 3.63) is 29.7 Å². The summed E-state index contributed by atoms with van der Waals surface area (Å²) in [4.78, 5) is 4.87. The van der Waals surface area contributed by atoms with Gasteiger partial charge in [-0.05, 0) is 43.8 Å². The second kappa shape index (κ2) is 5.82. The van der Waals surface area contributed by atoms with E-state index in [-0.39, 0.29) is 0 Å². The van der Waals surface area contributed by atoms with Gasteiger partial charge in [-0.3, -0.25) is 0 Å². The van der Waals surface area contributed by atoms with Crippen molar-refractivity contribution in [2.24, 2.45) is 5.92 Å². The Kier molecular flexibility index (Phi) is 3.66. The molecule has 0 aromatic carbocycles. The Morgan fingerprint density at radius 2 is 2.17 bits per heavy atom. The van der Waals surface area contributed by atoms with Gasteiger partial charge in [0.15, 0.2) is 5.65 Å². The Bertz CT molecular complexity index is 742. The molecule has 0 unspecified atom stereocenters. The highest BCUT2D eigenvalue weighted by atomic mass is 15.5. The molecular formula is C16H23N7. The van der Waals surface area contributed by atoms with E-state index in [0.717, 1.165) is 43.0 Å². The fourth-order valence-electron chi connectivity index (χ4n) is 3.45. The number of nitrogens with zero attached hydrogens (tertiary/aromatic N) is 4. The van der Waals surface area contributed by atoms with Gasteiger partial charge in [0.05, 0.1) is 6.20 Å². The fraction of sp³-hybridized carbons (Fsp3) is 0.500. The number of anilines is 1. The molecule has 0 saturated carbocycles. The van der Waals surface area contributed by atoms with E-state index < -0.39 is 0 Å². The minimum Gasteiger partial charge on any atom is -0.384 e. The lowest BCUT2D eigenvalue weighted by Crippen LogP contribution is -2.28. The van der Waals surface area contributed by atoms with Crippen LogP contribution in [0.1, 0.15) is 24.1 Å². The predicted molar refractivity (Wildman–Crippen MR) is 90.4 cm³/mol. The lowest BCUT2D eigenvalue weighted by molar-refractivity contribution is 0.370. The van der Waals surface area contributed by atoms with Crippen LogP contribution in [-0.4, -0.2) is 46.3 Å². The van der Waals surface area contributed by atoms with Gasteiger partial charge in [0, 0.05) is 37.1 Å². The van der Waals surface area contributed by atoms with Crippen LogP contribution in [-0.2, 0) is 6.42 Å². The third-order valence-electron chi connectivity index (χ3n) is 4.72. The van der Waals surface area contributed by atoms with Crippen molar-refractivity contribution in [3.63, 3.8) is 0 Å². The summed E-state index contributed by atoms with van der Waals surface area (Å²) in [7, 11) is 1.99. The van der Waals surface area contributed by atoms with E-state index >= 15 is 0 Å². The molecule has 0 atom stereocenters. The zero-order chi connectivity index (χ0) is 15.8. The third kappa shape index (κ3) is 2.77. The van der Waals surface area contributed by atoms with E-state index in [1.807, 2.05) is 24.3 Å². The molecule has 4 heterocycles. The zero-order valence-corrected chi connectivity index (χ0v) is 13.4. The van der Waals surface area contributed by atoms with Crippen LogP contribution < -0.4 is 16.5 Å². The lowest BCUT2D eigenvalue weighted by Gasteiger charge is -2.22. The molecule has 0 spiro atoms. The average molecular weight is 313 g/mol. The number of nitrogen functional groups attached to an aromatic ring is 1. The topological polar surface area (TPSA) is 83.5 Å². The van der Waals surface area contributed by atoms with Crippen molar-refractivity contribution in [1.29, 1.82) is 0 Å². The molecule has 2 aromatic rings. The highest BCUT2D eigenvalue weighted by molar-refractivity contribution is 5.78. The van der Waals surface area contributed by atoms with Gasteiger partial charge in [-0.25, -0.2) is 10.4 Å². The quantitative estimate of drug-likeness (QED) is 0.771. The molecule has 1 fully saturated rings. The lowest BCUT2D eigenvalue weighted by atomic mass is 9.93. The summed E-state index contributed by atoms with van der Waals surface area (Å²) in [5.74, 6) is 1.35. The normalized spacial score (nSPS) is 19.5. The third-order valence-corrected chi connectivity index (χ3v) is 4.72. The summed E-state index contributed by atoms with van der Waals surface area (Å²) in [6, 6.07) is 1.97. The Morgan fingerprint density at radius 3 is 2.91 bits per heavy atom. The second-order valence-corrected chi connectivity index (χ2v) is 6.46. The maximum Gasteiger partial charge on any atom is 0.165 e. The molecule has 2 aromatic heterocycles. The number of piperidine rings is 1. The van der Waals surface area contributed by atoms with Crippen LogP contribution in [0.15, 0.2) is 18.5 Å². The van der Waals surface area contributed by atoms with Crippen LogP contribution in [0.2, 0.25) is 0 Å². The number of fused-ring (bicyclic) bond motifs is 1. The van der Waals surface area contributed by atoms with Gasteiger partial charge < -0.3 is 16.1 Å². The number of hydrazine groups is 1. The van der Waals surface area contributed by atoms with Crippen molar-refractivity contribution in [2.75, 3.05) is 32.4 Å². The van der Waals surface area contributed by atoms with Crippen molar-refractivity contribution >= 4 is 17.0 Å². The van der Waals surface area contributed by atoms with Crippen molar-refractivity contribution < 1.29 is 0 Å². The minimum absolute atomic E-state index is 0.657. The van der Waals surface area contributed by atoms with Gasteiger partial charge in [0.1, 0.15) is 5.82 Å². The van der Waals surface area contributed by atoms with Crippen molar-refractivity contribution in [2.45, 2.75) is 19.3 Å². The molecule has 1 saturated heterocycles. The van der Waals surface area contributed by atoms with Crippen LogP contribution in [0.4, 0.5) is 5.82 Å². The van der Waals surface area contributed by atoms with Gasteiger partial charge in [-0.2, -0.15) is 9.61 Å². The van der Waals surface area contributed by atoms with Crippen LogP contribution >= 0.6 is 0 Å². The second-order valence-electron chi connectivity index (χ2n) is 6.46. The number of hydrogen-bond acceptors (Lipinski definition) is 6. The molecule has 4 N–H and O–H groups in total. The van der Waals surface area contributed by atoms with Gasteiger partial charge >= 0.3 is 0 Å². The molecule has 4 rings (SSSR count). The fourth-order valence-corrected chi connectivity index (χ4v) is 3.45. The molecule has 2 aliphatic rings. The standard InChI is InChI=1S/C16H23N7/c1-22-10-12(8-19-22)14-9-20-23-15(17)7-13(21-16(14)23)6-11-2-4-18-5-3-11/h7,9-11,18-19H,2-6,8,17H2,1H3. The monoisotopic (exact) mass is 313 g/mol. The van der Waals surface area contributed by atoms with Crippen molar-refractivity contribution in [1.82, 2.24) is 30.3 Å². The van der Waals surface area contributed by atoms with Crippen molar-refractivity contribution in [3.8, 4) is 0 Å². The molecule has 122 valence electrons. The van der Waals surface area contributed by atoms with E-state index in [4.69, 9.17) is 10.7 Å². The first kappa shape index (κ1) is 14.5. The summed E-state index contributed by atoms with van der Waals surface area (Å²) >= 11 is 0. The molecule has 7 heteroatoms. The zero-order valence-electron chi connectivity index (χ0n) is 13.4. The smallest absolute Gasteiger partial charge is 0.165 e. The van der Waals surface area contributed by atoms with Gasteiger partial charge in [0.25, 0.3) is 0 Å². The maximum atomic E-state index is 6.20. The maximum absolute atomic E-state index is 6.20. The molecule has 0 amide bonds. The Hall–Kier alpha value is -2.12. The Balaban J connectivity index is 1.68. The van der Waals surface area contributed by atoms with Crippen LogP contribution in [0.3, 0.4) is 0 Å². The predicted octanol–water partition coefficient (Wildman–Crippen LogP) is 0.645. The Morgan fingerprint density at radius 1 is 1.35 bits per heavy atom. The summed E-state index contributed by atoms with van der Waals surface area (Å²) in [5, 5.41) is 9.78. The number of aromatic nitrogens is 3. The van der Waals surface area contributed by atoms with Crippen LogP contribution in [0, 0.1) is 5.92 Å². The van der Waals surface area contributed by atoms with E-state index in [2.05, 4.69) is 22.0 Å².